The largest absolute Gasteiger partial charge is 0.355 e. The van der Waals surface area contributed by atoms with Crippen LogP contribution < -0.4 is 5.32 Å². The van der Waals surface area contributed by atoms with Gasteiger partial charge in [0.1, 0.15) is 0 Å². The minimum atomic E-state index is 0.252. The summed E-state index contributed by atoms with van der Waals surface area (Å²) in [5.74, 6) is 1.93. The lowest BCUT2D eigenvalue weighted by atomic mass is 9.42. The minimum absolute atomic E-state index is 0.252. The molecular weight excluding hydrogens is 308 g/mol. The van der Waals surface area contributed by atoms with Crippen LogP contribution in [-0.4, -0.2) is 38.0 Å². The summed E-state index contributed by atoms with van der Waals surface area (Å²) in [5.41, 5.74) is 2.12. The van der Waals surface area contributed by atoms with Crippen LogP contribution >= 0.6 is 0 Å². The monoisotopic (exact) mass is 340 g/mol. The van der Waals surface area contributed by atoms with Gasteiger partial charge in [-0.05, 0) is 80.8 Å². The second-order valence-electron chi connectivity index (χ2n) is 9.44. The van der Waals surface area contributed by atoms with Crippen molar-refractivity contribution in [2.24, 2.45) is 17.3 Å². The molecular formula is C22H32N2O. The standard InChI is InChI=1S/C22H32N2O/c1-24(2)9-8-23-20(25)15-21-11-17-10-18(12-21)14-22(13-17,16-21)19-6-4-3-5-7-19/h3-7,17-18H,8-16H2,1-2H3,(H,23,25)/t17-,18-,21?,22?/m0/s1. The molecule has 25 heavy (non-hydrogen) atoms. The molecule has 1 N–H and O–H groups in total. The molecule has 4 aliphatic carbocycles. The Morgan fingerprint density at radius 1 is 1.12 bits per heavy atom. The van der Waals surface area contributed by atoms with Gasteiger partial charge in [0.05, 0.1) is 0 Å². The quantitative estimate of drug-likeness (QED) is 0.858. The van der Waals surface area contributed by atoms with Crippen LogP contribution in [0.2, 0.25) is 0 Å². The van der Waals surface area contributed by atoms with Crippen molar-refractivity contribution >= 4 is 5.91 Å². The van der Waals surface area contributed by atoms with Gasteiger partial charge in [0, 0.05) is 19.5 Å². The van der Waals surface area contributed by atoms with Gasteiger partial charge in [-0.25, -0.2) is 0 Å². The summed E-state index contributed by atoms with van der Waals surface area (Å²) in [4.78, 5) is 14.7. The highest BCUT2D eigenvalue weighted by molar-refractivity contribution is 5.76. The number of benzene rings is 1. The minimum Gasteiger partial charge on any atom is -0.355 e. The molecule has 3 heteroatoms. The zero-order valence-corrected chi connectivity index (χ0v) is 15.8. The molecule has 5 rings (SSSR count). The van der Waals surface area contributed by atoms with Crippen LogP contribution in [0.1, 0.15) is 50.5 Å². The molecule has 0 radical (unpaired) electrons. The van der Waals surface area contributed by atoms with Crippen molar-refractivity contribution in [3.63, 3.8) is 0 Å². The first-order valence-electron chi connectivity index (χ1n) is 9.96. The van der Waals surface area contributed by atoms with Crippen LogP contribution in [0.4, 0.5) is 0 Å². The number of rotatable bonds is 6. The molecule has 4 fully saturated rings. The summed E-state index contributed by atoms with van der Waals surface area (Å²) in [7, 11) is 4.10. The normalized spacial score (nSPS) is 36.0. The van der Waals surface area contributed by atoms with E-state index in [0.717, 1.165) is 31.3 Å². The Kier molecular flexibility index (Phi) is 4.39. The van der Waals surface area contributed by atoms with E-state index >= 15 is 0 Å². The van der Waals surface area contributed by atoms with E-state index in [1.165, 1.54) is 44.1 Å². The van der Waals surface area contributed by atoms with E-state index in [1.807, 2.05) is 0 Å². The Morgan fingerprint density at radius 2 is 1.80 bits per heavy atom. The lowest BCUT2D eigenvalue weighted by Gasteiger charge is -2.62. The van der Waals surface area contributed by atoms with Crippen molar-refractivity contribution in [3.05, 3.63) is 35.9 Å². The van der Waals surface area contributed by atoms with Crippen molar-refractivity contribution in [2.75, 3.05) is 27.2 Å². The van der Waals surface area contributed by atoms with Crippen LogP contribution in [0.5, 0.6) is 0 Å². The summed E-state index contributed by atoms with van der Waals surface area (Å²) in [6.45, 7) is 1.68. The molecule has 136 valence electrons. The first-order chi connectivity index (χ1) is 12.0. The van der Waals surface area contributed by atoms with Crippen molar-refractivity contribution < 1.29 is 4.79 Å². The molecule has 1 amide bonds. The molecule has 0 aromatic heterocycles. The number of amides is 1. The van der Waals surface area contributed by atoms with E-state index in [1.54, 1.807) is 0 Å². The van der Waals surface area contributed by atoms with Crippen LogP contribution in [-0.2, 0) is 10.2 Å². The van der Waals surface area contributed by atoms with Crippen molar-refractivity contribution in [3.8, 4) is 0 Å². The molecule has 2 atom stereocenters. The Balaban J connectivity index is 1.50. The topological polar surface area (TPSA) is 32.3 Å². The van der Waals surface area contributed by atoms with Crippen LogP contribution in [0, 0.1) is 17.3 Å². The van der Waals surface area contributed by atoms with Crippen molar-refractivity contribution in [1.29, 1.82) is 0 Å². The maximum atomic E-state index is 12.6. The number of carbonyl (C=O) groups is 1. The summed E-state index contributed by atoms with van der Waals surface area (Å²) < 4.78 is 0. The van der Waals surface area contributed by atoms with Gasteiger partial charge < -0.3 is 10.2 Å². The molecule has 0 spiro atoms. The van der Waals surface area contributed by atoms with Crippen LogP contribution in [0.25, 0.3) is 0 Å². The number of nitrogens with zero attached hydrogens (tertiary/aromatic N) is 1. The van der Waals surface area contributed by atoms with Gasteiger partial charge in [0.25, 0.3) is 0 Å². The molecule has 0 aliphatic heterocycles. The maximum Gasteiger partial charge on any atom is 0.220 e. The fourth-order valence-corrected chi connectivity index (χ4v) is 6.61. The van der Waals surface area contributed by atoms with E-state index < -0.39 is 0 Å². The smallest absolute Gasteiger partial charge is 0.220 e. The number of hydrogen-bond acceptors (Lipinski definition) is 2. The van der Waals surface area contributed by atoms with Gasteiger partial charge >= 0.3 is 0 Å². The fraction of sp³-hybridized carbons (Fsp3) is 0.682. The lowest BCUT2D eigenvalue weighted by molar-refractivity contribution is -0.131. The molecule has 0 heterocycles. The molecule has 1 aromatic rings. The van der Waals surface area contributed by atoms with Gasteiger partial charge in [-0.3, -0.25) is 4.79 Å². The average Bonchev–Trinajstić information content (AvgIpc) is 2.53. The maximum absolute atomic E-state index is 12.6. The zero-order chi connectivity index (χ0) is 17.5. The zero-order valence-electron chi connectivity index (χ0n) is 15.8. The Hall–Kier alpha value is -1.35. The second kappa shape index (κ2) is 6.42. The Labute approximate surface area is 152 Å². The van der Waals surface area contributed by atoms with Gasteiger partial charge in [-0.15, -0.1) is 0 Å². The van der Waals surface area contributed by atoms with Crippen molar-refractivity contribution in [2.45, 2.75) is 50.4 Å². The highest BCUT2D eigenvalue weighted by Crippen LogP contribution is 2.66. The van der Waals surface area contributed by atoms with Gasteiger partial charge in [-0.2, -0.15) is 0 Å². The van der Waals surface area contributed by atoms with Crippen molar-refractivity contribution in [1.82, 2.24) is 10.2 Å². The second-order valence-corrected chi connectivity index (χ2v) is 9.44. The molecule has 1 aromatic carbocycles. The van der Waals surface area contributed by atoms with E-state index in [0.29, 0.717) is 5.41 Å². The van der Waals surface area contributed by atoms with Gasteiger partial charge in [0.2, 0.25) is 5.91 Å². The number of carbonyl (C=O) groups excluding carboxylic acids is 1. The Morgan fingerprint density at radius 3 is 2.44 bits per heavy atom. The molecule has 0 unspecified atom stereocenters. The van der Waals surface area contributed by atoms with E-state index in [2.05, 4.69) is 54.6 Å². The van der Waals surface area contributed by atoms with Crippen LogP contribution in [0.3, 0.4) is 0 Å². The first kappa shape index (κ1) is 17.1. The molecule has 4 saturated carbocycles. The molecule has 3 nitrogen and oxygen atoms in total. The first-order valence-corrected chi connectivity index (χ1v) is 9.96. The average molecular weight is 341 g/mol. The predicted molar refractivity (Wildman–Crippen MR) is 101 cm³/mol. The number of hydrogen-bond donors (Lipinski definition) is 1. The molecule has 4 aliphatic rings. The SMILES string of the molecule is CN(C)CCNC(=O)CC12C[C@@H]3C[C@@H](C1)CC(c1ccccc1)(C3)C2. The highest BCUT2D eigenvalue weighted by Gasteiger charge is 2.58. The third-order valence-corrected chi connectivity index (χ3v) is 6.99. The van der Waals surface area contributed by atoms with E-state index in [-0.39, 0.29) is 11.3 Å². The fourth-order valence-electron chi connectivity index (χ4n) is 6.61. The van der Waals surface area contributed by atoms with E-state index in [4.69, 9.17) is 0 Å². The van der Waals surface area contributed by atoms with E-state index in [9.17, 15) is 4.79 Å². The third-order valence-electron chi connectivity index (χ3n) is 6.99. The molecule has 4 bridgehead atoms. The van der Waals surface area contributed by atoms with Gasteiger partial charge in [-0.1, -0.05) is 30.3 Å². The highest BCUT2D eigenvalue weighted by atomic mass is 16.1. The summed E-state index contributed by atoms with van der Waals surface area (Å²) in [6.07, 6.45) is 8.60. The summed E-state index contributed by atoms with van der Waals surface area (Å²) >= 11 is 0. The number of likely N-dealkylation sites (N-methyl/N-ethyl adjacent to an activating group) is 1. The predicted octanol–water partition coefficient (Wildman–Crippen LogP) is 3.59. The van der Waals surface area contributed by atoms with Crippen LogP contribution in [0.15, 0.2) is 30.3 Å². The summed E-state index contributed by atoms with van der Waals surface area (Å²) in [5, 5.41) is 3.16. The summed E-state index contributed by atoms with van der Waals surface area (Å²) in [6, 6.07) is 11.2. The number of nitrogens with one attached hydrogen (secondary N) is 1. The van der Waals surface area contributed by atoms with Gasteiger partial charge in [0.15, 0.2) is 0 Å². The molecule has 0 saturated heterocycles. The third kappa shape index (κ3) is 3.36. The Bertz CT molecular complexity index is 610. The lowest BCUT2D eigenvalue weighted by Crippen LogP contribution is -2.55.